The zero-order chi connectivity index (χ0) is 12.5. The zero-order valence-corrected chi connectivity index (χ0v) is 10.6. The van der Waals surface area contributed by atoms with E-state index in [1.165, 1.54) is 11.3 Å². The van der Waals surface area contributed by atoms with Crippen molar-refractivity contribution in [2.45, 2.75) is 57.9 Å². The number of amides is 2. The molecule has 1 aliphatic carbocycles. The van der Waals surface area contributed by atoms with E-state index < -0.39 is 0 Å². The van der Waals surface area contributed by atoms with Gasteiger partial charge in [-0.1, -0.05) is 19.3 Å². The average Bonchev–Trinajstić information content (AvgIpc) is 2.52. The molecule has 1 unspecified atom stereocenters. The van der Waals surface area contributed by atoms with E-state index in [1.807, 2.05) is 6.92 Å². The molecule has 1 saturated carbocycles. The molecule has 17 heavy (non-hydrogen) atoms. The molecule has 0 bridgehead atoms. The van der Waals surface area contributed by atoms with Crippen LogP contribution in [0.5, 0.6) is 0 Å². The molecule has 1 aliphatic heterocycles. The van der Waals surface area contributed by atoms with Crippen LogP contribution in [0.4, 0.5) is 0 Å². The minimum Gasteiger partial charge on any atom is -0.330 e. The van der Waals surface area contributed by atoms with Crippen LogP contribution in [0.2, 0.25) is 0 Å². The van der Waals surface area contributed by atoms with Crippen LogP contribution in [0.3, 0.4) is 0 Å². The monoisotopic (exact) mass is 238 g/mol. The molecule has 0 aromatic heterocycles. The lowest BCUT2D eigenvalue weighted by molar-refractivity contribution is -0.144. The fourth-order valence-electron chi connectivity index (χ4n) is 3.25. The molecule has 96 valence electrons. The number of nitrogens with zero attached hydrogens (tertiary/aromatic N) is 1. The molecule has 1 heterocycles. The third kappa shape index (κ3) is 2.10. The Morgan fingerprint density at radius 2 is 1.94 bits per heavy atom. The number of carbonyl (C=O) groups is 2. The molecule has 2 amide bonds. The van der Waals surface area contributed by atoms with Crippen molar-refractivity contribution < 1.29 is 9.59 Å². The van der Waals surface area contributed by atoms with Crippen LogP contribution in [0.15, 0.2) is 0 Å². The topological polar surface area (TPSA) is 63.4 Å². The van der Waals surface area contributed by atoms with Gasteiger partial charge in [0.25, 0.3) is 0 Å². The molecular weight excluding hydrogens is 216 g/mol. The molecule has 0 aromatic rings. The van der Waals surface area contributed by atoms with E-state index in [-0.39, 0.29) is 23.3 Å². The summed E-state index contributed by atoms with van der Waals surface area (Å²) in [6, 6.07) is -0.0405. The predicted molar refractivity (Wildman–Crippen MR) is 65.1 cm³/mol. The highest BCUT2D eigenvalue weighted by atomic mass is 16.2. The zero-order valence-electron chi connectivity index (χ0n) is 10.6. The number of hydrogen-bond donors (Lipinski definition) is 1. The summed E-state index contributed by atoms with van der Waals surface area (Å²) in [7, 11) is 0. The Balaban J connectivity index is 2.15. The molecule has 2 N–H and O–H groups in total. The quantitative estimate of drug-likeness (QED) is 0.757. The summed E-state index contributed by atoms with van der Waals surface area (Å²) in [6.07, 6.45) is 6.28. The molecule has 4 heteroatoms. The molecule has 4 nitrogen and oxygen atoms in total. The van der Waals surface area contributed by atoms with Gasteiger partial charge in [-0.25, -0.2) is 0 Å². The third-order valence-electron chi connectivity index (χ3n) is 4.27. The summed E-state index contributed by atoms with van der Waals surface area (Å²) in [4.78, 5) is 26.0. The van der Waals surface area contributed by atoms with Crippen LogP contribution in [-0.2, 0) is 9.59 Å². The molecule has 0 aromatic carbocycles. The summed E-state index contributed by atoms with van der Waals surface area (Å²) in [5.74, 6) is 0.0843. The SMILES string of the molecule is CC(CCN)N1C(=O)CC2(CCCCC2)C1=O. The van der Waals surface area contributed by atoms with Gasteiger partial charge in [0.15, 0.2) is 0 Å². The Bertz CT molecular complexity index is 321. The number of rotatable bonds is 3. The summed E-state index contributed by atoms with van der Waals surface area (Å²) < 4.78 is 0. The molecule has 1 saturated heterocycles. The molecule has 2 fully saturated rings. The molecule has 1 atom stereocenters. The normalized spacial score (nSPS) is 25.6. The van der Waals surface area contributed by atoms with Gasteiger partial charge in [-0.2, -0.15) is 0 Å². The van der Waals surface area contributed by atoms with Crippen molar-refractivity contribution in [3.8, 4) is 0 Å². The summed E-state index contributed by atoms with van der Waals surface area (Å²) >= 11 is 0. The lowest BCUT2D eigenvalue weighted by Crippen LogP contribution is -2.42. The van der Waals surface area contributed by atoms with E-state index in [2.05, 4.69) is 0 Å². The Morgan fingerprint density at radius 3 is 2.53 bits per heavy atom. The smallest absolute Gasteiger partial charge is 0.236 e. The number of hydrogen-bond acceptors (Lipinski definition) is 3. The number of carbonyl (C=O) groups excluding carboxylic acids is 2. The maximum absolute atomic E-state index is 12.5. The fourth-order valence-corrected chi connectivity index (χ4v) is 3.25. The minimum absolute atomic E-state index is 0.0119. The molecule has 0 radical (unpaired) electrons. The van der Waals surface area contributed by atoms with Gasteiger partial charge in [-0.05, 0) is 32.7 Å². The Labute approximate surface area is 103 Å². The first-order valence-corrected chi connectivity index (χ1v) is 6.67. The Morgan fingerprint density at radius 1 is 1.29 bits per heavy atom. The van der Waals surface area contributed by atoms with Gasteiger partial charge in [-0.3, -0.25) is 14.5 Å². The summed E-state index contributed by atoms with van der Waals surface area (Å²) in [5, 5.41) is 0. The number of likely N-dealkylation sites (tertiary alicyclic amines) is 1. The number of nitrogens with two attached hydrogens (primary N) is 1. The summed E-state index contributed by atoms with van der Waals surface area (Å²) in [6.45, 7) is 2.44. The second-order valence-corrected chi connectivity index (χ2v) is 5.51. The first kappa shape index (κ1) is 12.6. The van der Waals surface area contributed by atoms with Gasteiger partial charge >= 0.3 is 0 Å². The highest BCUT2D eigenvalue weighted by Crippen LogP contribution is 2.45. The van der Waals surface area contributed by atoms with Crippen LogP contribution >= 0.6 is 0 Å². The Hall–Kier alpha value is -0.900. The minimum atomic E-state index is -0.349. The van der Waals surface area contributed by atoms with Gasteiger partial charge in [0.05, 0.1) is 5.41 Å². The van der Waals surface area contributed by atoms with Crippen molar-refractivity contribution in [2.75, 3.05) is 6.54 Å². The molecule has 2 aliphatic rings. The fraction of sp³-hybridized carbons (Fsp3) is 0.846. The third-order valence-corrected chi connectivity index (χ3v) is 4.27. The van der Waals surface area contributed by atoms with Crippen LogP contribution in [0, 0.1) is 5.41 Å². The van der Waals surface area contributed by atoms with Crippen LogP contribution in [0.1, 0.15) is 51.9 Å². The second kappa shape index (κ2) is 4.77. The van der Waals surface area contributed by atoms with E-state index in [4.69, 9.17) is 5.73 Å². The highest BCUT2D eigenvalue weighted by Gasteiger charge is 2.52. The molecule has 2 rings (SSSR count). The predicted octanol–water partition coefficient (Wildman–Crippen LogP) is 1.43. The van der Waals surface area contributed by atoms with Crippen LogP contribution < -0.4 is 5.73 Å². The van der Waals surface area contributed by atoms with Crippen molar-refractivity contribution >= 4 is 11.8 Å². The number of imide groups is 1. The van der Waals surface area contributed by atoms with Crippen molar-refractivity contribution in [1.82, 2.24) is 4.90 Å². The maximum Gasteiger partial charge on any atom is 0.236 e. The first-order valence-electron chi connectivity index (χ1n) is 6.67. The second-order valence-electron chi connectivity index (χ2n) is 5.51. The van der Waals surface area contributed by atoms with Crippen molar-refractivity contribution in [1.29, 1.82) is 0 Å². The van der Waals surface area contributed by atoms with Gasteiger partial charge < -0.3 is 5.73 Å². The van der Waals surface area contributed by atoms with E-state index in [1.54, 1.807) is 0 Å². The van der Waals surface area contributed by atoms with E-state index in [0.29, 0.717) is 19.4 Å². The van der Waals surface area contributed by atoms with Gasteiger partial charge in [0.2, 0.25) is 11.8 Å². The van der Waals surface area contributed by atoms with Crippen molar-refractivity contribution in [3.63, 3.8) is 0 Å². The van der Waals surface area contributed by atoms with Crippen molar-refractivity contribution in [2.24, 2.45) is 11.1 Å². The Kier molecular flexibility index (Phi) is 3.52. The molecule has 1 spiro atoms. The molecular formula is C13H22N2O2. The first-order chi connectivity index (χ1) is 8.10. The van der Waals surface area contributed by atoms with Crippen LogP contribution in [-0.4, -0.2) is 29.3 Å². The largest absolute Gasteiger partial charge is 0.330 e. The van der Waals surface area contributed by atoms with E-state index in [0.717, 1.165) is 25.7 Å². The average molecular weight is 238 g/mol. The van der Waals surface area contributed by atoms with Crippen molar-refractivity contribution in [3.05, 3.63) is 0 Å². The van der Waals surface area contributed by atoms with Gasteiger partial charge in [0.1, 0.15) is 0 Å². The lowest BCUT2D eigenvalue weighted by Gasteiger charge is -2.31. The van der Waals surface area contributed by atoms with Gasteiger partial charge in [0, 0.05) is 12.5 Å². The summed E-state index contributed by atoms with van der Waals surface area (Å²) in [5.41, 5.74) is 5.16. The standard InChI is InChI=1S/C13H22N2O2/c1-10(5-8-14)15-11(16)9-13(12(15)17)6-3-2-4-7-13/h10H,2-9,14H2,1H3. The lowest BCUT2D eigenvalue weighted by atomic mass is 9.73. The van der Waals surface area contributed by atoms with E-state index in [9.17, 15) is 9.59 Å². The van der Waals surface area contributed by atoms with Crippen LogP contribution in [0.25, 0.3) is 0 Å². The highest BCUT2D eigenvalue weighted by molar-refractivity contribution is 6.06. The van der Waals surface area contributed by atoms with Gasteiger partial charge in [-0.15, -0.1) is 0 Å². The maximum atomic E-state index is 12.5. The van der Waals surface area contributed by atoms with E-state index >= 15 is 0 Å².